The van der Waals surface area contributed by atoms with Crippen LogP contribution in [-0.4, -0.2) is 21.5 Å². The molecule has 0 bridgehead atoms. The van der Waals surface area contributed by atoms with Gasteiger partial charge in [0.25, 0.3) is 0 Å². The van der Waals surface area contributed by atoms with Gasteiger partial charge in [0.05, 0.1) is 10.2 Å². The van der Waals surface area contributed by atoms with E-state index >= 15 is 0 Å². The number of hydrogen-bond donors (Lipinski definition) is 1. The lowest BCUT2D eigenvalue weighted by Gasteiger charge is -2.20. The van der Waals surface area contributed by atoms with Crippen LogP contribution in [0.4, 0.5) is 0 Å². The maximum Gasteiger partial charge on any atom is 0.124 e. The van der Waals surface area contributed by atoms with Crippen LogP contribution < -0.4 is 15.8 Å². The lowest BCUT2D eigenvalue weighted by atomic mass is 9.84. The molecule has 6 aromatic carbocycles. The molecule has 0 unspecified atom stereocenters. The molecule has 0 saturated carbocycles. The number of para-hydroxylation sites is 1. The highest BCUT2D eigenvalue weighted by molar-refractivity contribution is 7.21. The van der Waals surface area contributed by atoms with E-state index in [0.717, 1.165) is 72.5 Å². The highest BCUT2D eigenvalue weighted by Gasteiger charge is 2.20. The summed E-state index contributed by atoms with van der Waals surface area (Å²) in [7, 11) is 0. The molecular weight excluding hydrogens is 665 g/mol. The Morgan fingerprint density at radius 3 is 2.19 bits per heavy atom. The molecule has 250 valence electrons. The average Bonchev–Trinajstić information content (AvgIpc) is 3.68. The summed E-state index contributed by atoms with van der Waals surface area (Å²) in [5, 5.41) is 9.29. The van der Waals surface area contributed by atoms with Gasteiger partial charge in [-0.15, -0.1) is 11.3 Å². The van der Waals surface area contributed by atoms with Gasteiger partial charge in [0.2, 0.25) is 0 Å². The van der Waals surface area contributed by atoms with Crippen molar-refractivity contribution >= 4 is 44.1 Å². The third-order valence-corrected chi connectivity index (χ3v) is 11.2. The monoisotopic (exact) mass is 696 g/mol. The summed E-state index contributed by atoms with van der Waals surface area (Å²) in [6.45, 7) is 0.767. The van der Waals surface area contributed by atoms with E-state index in [0.29, 0.717) is 0 Å². The van der Waals surface area contributed by atoms with Crippen molar-refractivity contribution in [3.05, 3.63) is 186 Å². The number of thiazole rings is 1. The zero-order valence-electron chi connectivity index (χ0n) is 28.7. The maximum absolute atomic E-state index is 4.95. The fourth-order valence-corrected chi connectivity index (χ4v) is 8.57. The van der Waals surface area contributed by atoms with Gasteiger partial charge >= 0.3 is 0 Å². The smallest absolute Gasteiger partial charge is 0.124 e. The van der Waals surface area contributed by atoms with Crippen molar-refractivity contribution in [1.29, 1.82) is 0 Å². The number of benzene rings is 6. The predicted octanol–water partition coefficient (Wildman–Crippen LogP) is 10.1. The molecule has 0 saturated heterocycles. The minimum absolute atomic E-state index is 0.767. The lowest BCUT2D eigenvalue weighted by Crippen LogP contribution is -2.36. The second-order valence-electron chi connectivity index (χ2n) is 13.3. The molecule has 0 amide bonds. The predicted molar refractivity (Wildman–Crippen MR) is 221 cm³/mol. The largest absolute Gasteiger partial charge is 0.386 e. The van der Waals surface area contributed by atoms with Crippen LogP contribution in [0, 0.1) is 0 Å². The molecular formula is C48H32N4S. The zero-order chi connectivity index (χ0) is 35.1. The molecule has 0 radical (unpaired) electrons. The minimum atomic E-state index is 0.767. The van der Waals surface area contributed by atoms with E-state index in [1.807, 2.05) is 36.9 Å². The van der Waals surface area contributed by atoms with Gasteiger partial charge in [-0.25, -0.2) is 4.98 Å². The molecule has 0 spiro atoms. The van der Waals surface area contributed by atoms with Gasteiger partial charge in [-0.3, -0.25) is 9.97 Å². The number of nitrogens with one attached hydrogen (secondary N) is 1. The Morgan fingerprint density at radius 2 is 1.30 bits per heavy atom. The van der Waals surface area contributed by atoms with Gasteiger partial charge in [-0.05, 0) is 96.7 Å². The van der Waals surface area contributed by atoms with E-state index in [4.69, 9.17) is 9.97 Å². The van der Waals surface area contributed by atoms with Crippen LogP contribution in [0.25, 0.3) is 87.8 Å². The highest BCUT2D eigenvalue weighted by Crippen LogP contribution is 2.45. The second-order valence-corrected chi connectivity index (χ2v) is 14.4. The topological polar surface area (TPSA) is 50.7 Å². The van der Waals surface area contributed by atoms with Crippen molar-refractivity contribution in [3.8, 4) is 55.1 Å². The highest BCUT2D eigenvalue weighted by atomic mass is 32.1. The molecule has 4 nitrogen and oxygen atoms in total. The number of hydrogen-bond acceptors (Lipinski definition) is 5. The van der Waals surface area contributed by atoms with Crippen molar-refractivity contribution < 1.29 is 0 Å². The average molecular weight is 697 g/mol. The van der Waals surface area contributed by atoms with Crippen LogP contribution in [-0.2, 0) is 0 Å². The number of fused-ring (bicyclic) bond motifs is 3. The number of pyridine rings is 2. The minimum Gasteiger partial charge on any atom is -0.386 e. The Labute approximate surface area is 311 Å². The molecule has 1 aliphatic heterocycles. The van der Waals surface area contributed by atoms with E-state index in [1.54, 1.807) is 11.3 Å². The maximum atomic E-state index is 4.95. The van der Waals surface area contributed by atoms with E-state index in [9.17, 15) is 0 Å². The summed E-state index contributed by atoms with van der Waals surface area (Å²) in [5.41, 5.74) is 13.6. The van der Waals surface area contributed by atoms with Crippen molar-refractivity contribution in [2.75, 3.05) is 6.54 Å². The third kappa shape index (κ3) is 5.68. The van der Waals surface area contributed by atoms with E-state index in [2.05, 4.69) is 150 Å². The van der Waals surface area contributed by atoms with E-state index in [-0.39, 0.29) is 0 Å². The standard InChI is InChI=1S/C48H32N4S/c1-3-14-39-35(9-1)27-50-29-43(39)34-12-7-11-33(23-34)41-24-38(44-30-51-28-36-10-2-4-15-40(36)44)25-42(37-13-8-22-49-26-37)47(41)31-18-20-32(21-19-31)48-52-45-16-5-6-17-46(45)53-48/h1-28,30,50H,29H2. The van der Waals surface area contributed by atoms with Crippen LogP contribution in [0.3, 0.4) is 0 Å². The molecule has 10 rings (SSSR count). The van der Waals surface area contributed by atoms with Crippen LogP contribution in [0.1, 0.15) is 5.56 Å². The Balaban J connectivity index is 1.23. The molecule has 4 heterocycles. The van der Waals surface area contributed by atoms with Gasteiger partial charge in [0.1, 0.15) is 5.01 Å². The number of nitrogens with zero attached hydrogens (tertiary/aromatic N) is 3. The summed E-state index contributed by atoms with van der Waals surface area (Å²) >= 11 is 1.73. The van der Waals surface area contributed by atoms with Crippen molar-refractivity contribution in [2.45, 2.75) is 0 Å². The quantitative estimate of drug-likeness (QED) is 0.188. The fraction of sp³-hybridized carbons (Fsp3) is 0.0208. The summed E-state index contributed by atoms with van der Waals surface area (Å²) < 4.78 is 1.19. The van der Waals surface area contributed by atoms with E-state index < -0.39 is 0 Å². The first-order valence-electron chi connectivity index (χ1n) is 17.8. The molecule has 1 N–H and O–H groups in total. The first kappa shape index (κ1) is 31.1. The van der Waals surface area contributed by atoms with Gasteiger partial charge in [0.15, 0.2) is 0 Å². The molecule has 0 fully saturated rings. The van der Waals surface area contributed by atoms with Gasteiger partial charge in [-0.1, -0.05) is 109 Å². The summed E-state index contributed by atoms with van der Waals surface area (Å²) in [4.78, 5) is 14.2. The number of rotatable bonds is 6. The second kappa shape index (κ2) is 13.1. The molecule has 0 atom stereocenters. The molecule has 5 heteroatoms. The Morgan fingerprint density at radius 1 is 0.528 bits per heavy atom. The molecule has 3 aromatic heterocycles. The zero-order valence-corrected chi connectivity index (χ0v) is 29.5. The summed E-state index contributed by atoms with van der Waals surface area (Å²) in [5.74, 6) is 0. The lowest BCUT2D eigenvalue weighted by molar-refractivity contribution is 1.02. The first-order chi connectivity index (χ1) is 26.3. The van der Waals surface area contributed by atoms with Gasteiger partial charge < -0.3 is 5.32 Å². The number of aromatic nitrogens is 3. The third-order valence-electron chi connectivity index (χ3n) is 10.1. The normalized spacial score (nSPS) is 12.3. The SMILES string of the molecule is C1=c2ccccc2=C(c2cccc(-c3cc(-c4cncc5ccccc45)cc(-c4cccnc4)c3-c3ccc(-c4nc5ccccc5s4)cc3)c2)CN1. The van der Waals surface area contributed by atoms with Crippen molar-refractivity contribution in [2.24, 2.45) is 0 Å². The van der Waals surface area contributed by atoms with Crippen LogP contribution in [0.2, 0.25) is 0 Å². The summed E-state index contributed by atoms with van der Waals surface area (Å²) in [6.07, 6.45) is 9.85. The van der Waals surface area contributed by atoms with Crippen LogP contribution in [0.5, 0.6) is 0 Å². The Kier molecular flexibility index (Phi) is 7.70. The molecule has 53 heavy (non-hydrogen) atoms. The van der Waals surface area contributed by atoms with Crippen molar-refractivity contribution in [3.63, 3.8) is 0 Å². The first-order valence-corrected chi connectivity index (χ1v) is 18.6. The van der Waals surface area contributed by atoms with Crippen LogP contribution in [0.15, 0.2) is 170 Å². The molecule has 1 aliphatic rings. The van der Waals surface area contributed by atoms with Gasteiger partial charge in [-0.2, -0.15) is 0 Å². The summed E-state index contributed by atoms with van der Waals surface area (Å²) in [6, 6.07) is 52.2. The fourth-order valence-electron chi connectivity index (χ4n) is 7.60. The molecule has 9 aromatic rings. The van der Waals surface area contributed by atoms with E-state index in [1.165, 1.54) is 31.7 Å². The van der Waals surface area contributed by atoms with Crippen LogP contribution >= 0.6 is 11.3 Å². The Bertz CT molecular complexity index is 2910. The van der Waals surface area contributed by atoms with Gasteiger partial charge in [0, 0.05) is 59.6 Å². The van der Waals surface area contributed by atoms with Crippen molar-refractivity contribution in [1.82, 2.24) is 20.3 Å². The molecule has 0 aliphatic carbocycles. The Hall–Kier alpha value is -6.69.